The zero-order chi connectivity index (χ0) is 24.4. The van der Waals surface area contributed by atoms with Crippen molar-refractivity contribution in [3.63, 3.8) is 0 Å². The van der Waals surface area contributed by atoms with Crippen LogP contribution in [0.3, 0.4) is 0 Å². The van der Waals surface area contributed by atoms with Crippen molar-refractivity contribution in [1.29, 1.82) is 0 Å². The molecule has 0 saturated carbocycles. The highest BCUT2D eigenvalue weighted by Gasteiger charge is 2.17. The van der Waals surface area contributed by atoms with E-state index in [1.54, 1.807) is 18.6 Å². The second kappa shape index (κ2) is 9.84. The van der Waals surface area contributed by atoms with E-state index in [0.717, 1.165) is 53.5 Å². The maximum Gasteiger partial charge on any atom is 0.258 e. The van der Waals surface area contributed by atoms with Crippen molar-refractivity contribution in [2.24, 2.45) is 0 Å². The number of likely N-dealkylation sites (tertiary alicyclic amines) is 1. The summed E-state index contributed by atoms with van der Waals surface area (Å²) in [5, 5.41) is 12.9. The minimum atomic E-state index is -0.231. The van der Waals surface area contributed by atoms with Crippen molar-refractivity contribution < 1.29 is 4.79 Å². The Morgan fingerprint density at radius 3 is 2.60 bits per heavy atom. The molecular formula is C27H31N7O. The van der Waals surface area contributed by atoms with E-state index in [-0.39, 0.29) is 5.91 Å². The van der Waals surface area contributed by atoms with Gasteiger partial charge in [0.15, 0.2) is 0 Å². The van der Waals surface area contributed by atoms with Gasteiger partial charge in [0.05, 0.1) is 17.4 Å². The maximum absolute atomic E-state index is 13.0. The van der Waals surface area contributed by atoms with Crippen LogP contribution in [0.5, 0.6) is 0 Å². The Bertz CT molecular complexity index is 1340. The van der Waals surface area contributed by atoms with Crippen LogP contribution in [-0.2, 0) is 0 Å². The fourth-order valence-corrected chi connectivity index (χ4v) is 4.38. The molecule has 1 aliphatic rings. The number of rotatable bonds is 6. The quantitative estimate of drug-likeness (QED) is 0.420. The molecule has 0 radical (unpaired) electrons. The second-order valence-electron chi connectivity index (χ2n) is 9.57. The van der Waals surface area contributed by atoms with E-state index in [1.807, 2.05) is 29.1 Å². The van der Waals surface area contributed by atoms with Crippen molar-refractivity contribution in [3.05, 3.63) is 66.9 Å². The number of pyridine rings is 2. The first-order valence-corrected chi connectivity index (χ1v) is 12.1. The van der Waals surface area contributed by atoms with Gasteiger partial charge < -0.3 is 15.5 Å². The van der Waals surface area contributed by atoms with Gasteiger partial charge in [-0.25, -0.2) is 4.98 Å². The van der Waals surface area contributed by atoms with E-state index in [9.17, 15) is 4.79 Å². The average molecular weight is 470 g/mol. The van der Waals surface area contributed by atoms with Crippen molar-refractivity contribution in [3.8, 4) is 11.1 Å². The number of amides is 1. The minimum Gasteiger partial charge on any atom is -0.381 e. The van der Waals surface area contributed by atoms with Gasteiger partial charge in [-0.1, -0.05) is 12.1 Å². The Labute approximate surface area is 205 Å². The molecule has 1 aromatic carbocycles. The Balaban J connectivity index is 1.31. The lowest BCUT2D eigenvalue weighted by atomic mass is 10.0. The molecule has 2 N–H and O–H groups in total. The number of nitrogens with one attached hydrogen (secondary N) is 2. The monoisotopic (exact) mass is 469 g/mol. The topological polar surface area (TPSA) is 88.0 Å². The van der Waals surface area contributed by atoms with Crippen LogP contribution in [0.4, 0.5) is 11.5 Å². The molecule has 0 bridgehead atoms. The molecule has 8 heteroatoms. The number of fused-ring (bicyclic) bond motifs is 1. The highest BCUT2D eigenvalue weighted by molar-refractivity contribution is 6.05. The average Bonchev–Trinajstić information content (AvgIpc) is 3.36. The first kappa shape index (κ1) is 23.0. The molecule has 1 fully saturated rings. The highest BCUT2D eigenvalue weighted by Crippen LogP contribution is 2.26. The van der Waals surface area contributed by atoms with Gasteiger partial charge >= 0.3 is 0 Å². The molecule has 1 aliphatic heterocycles. The van der Waals surface area contributed by atoms with Gasteiger partial charge in [0.1, 0.15) is 5.82 Å². The van der Waals surface area contributed by atoms with Crippen molar-refractivity contribution in [2.75, 3.05) is 30.8 Å². The number of nitrogens with zero attached hydrogens (tertiary/aromatic N) is 5. The van der Waals surface area contributed by atoms with Crippen LogP contribution in [0.15, 0.2) is 61.3 Å². The van der Waals surface area contributed by atoms with Crippen molar-refractivity contribution in [1.82, 2.24) is 24.6 Å². The van der Waals surface area contributed by atoms with E-state index in [1.165, 1.54) is 0 Å². The van der Waals surface area contributed by atoms with Crippen LogP contribution < -0.4 is 10.6 Å². The first-order chi connectivity index (χ1) is 16.9. The lowest BCUT2D eigenvalue weighted by molar-refractivity contribution is 0.102. The summed E-state index contributed by atoms with van der Waals surface area (Å²) in [6.45, 7) is 6.35. The number of anilines is 2. The molecule has 4 heterocycles. The SMILES string of the molecule is CC(C)n1cc(-c2ccc3cnc(NC(=O)c4cncc(NC5CCN(C)CC5)c4)cc3c2)cn1. The summed E-state index contributed by atoms with van der Waals surface area (Å²) in [6, 6.07) is 10.7. The van der Waals surface area contributed by atoms with Gasteiger partial charge in [-0.15, -0.1) is 0 Å². The zero-order valence-electron chi connectivity index (χ0n) is 20.4. The Morgan fingerprint density at radius 2 is 1.83 bits per heavy atom. The summed E-state index contributed by atoms with van der Waals surface area (Å²) in [5.74, 6) is 0.275. The van der Waals surface area contributed by atoms with Crippen LogP contribution in [0, 0.1) is 0 Å². The predicted octanol–water partition coefficient (Wildman–Crippen LogP) is 4.83. The zero-order valence-corrected chi connectivity index (χ0v) is 20.4. The van der Waals surface area contributed by atoms with Gasteiger partial charge in [0, 0.05) is 47.8 Å². The normalized spacial score (nSPS) is 15.0. The van der Waals surface area contributed by atoms with Crippen LogP contribution in [-0.4, -0.2) is 56.7 Å². The summed E-state index contributed by atoms with van der Waals surface area (Å²) < 4.78 is 1.95. The van der Waals surface area contributed by atoms with Gasteiger partial charge in [0.2, 0.25) is 0 Å². The molecule has 0 aliphatic carbocycles. The van der Waals surface area contributed by atoms with E-state index in [0.29, 0.717) is 23.5 Å². The lowest BCUT2D eigenvalue weighted by Crippen LogP contribution is -2.36. The summed E-state index contributed by atoms with van der Waals surface area (Å²) >= 11 is 0. The molecule has 3 aromatic heterocycles. The molecule has 4 aromatic rings. The Hall–Kier alpha value is -3.78. The van der Waals surface area contributed by atoms with E-state index >= 15 is 0 Å². The lowest BCUT2D eigenvalue weighted by Gasteiger charge is -2.30. The van der Waals surface area contributed by atoms with E-state index < -0.39 is 0 Å². The standard InChI is InChI=1S/C27H31N7O/c1-18(2)34-17-23(15-30-34)19-4-5-20-14-29-26(12-21(20)10-19)32-27(35)22-11-25(16-28-13-22)31-24-6-8-33(3)9-7-24/h4-5,10-18,24,31H,6-9H2,1-3H3,(H,29,32,35). The Morgan fingerprint density at radius 1 is 1.00 bits per heavy atom. The molecule has 1 saturated heterocycles. The van der Waals surface area contributed by atoms with Crippen LogP contribution >= 0.6 is 0 Å². The third-order valence-electron chi connectivity index (χ3n) is 6.52. The fraction of sp³-hybridized carbons (Fsp3) is 0.333. The van der Waals surface area contributed by atoms with Gasteiger partial charge in [-0.3, -0.25) is 14.5 Å². The van der Waals surface area contributed by atoms with Crippen molar-refractivity contribution in [2.45, 2.75) is 38.8 Å². The summed E-state index contributed by atoms with van der Waals surface area (Å²) in [5.41, 5.74) is 3.50. The van der Waals surface area contributed by atoms with Crippen LogP contribution in [0.1, 0.15) is 43.1 Å². The van der Waals surface area contributed by atoms with Crippen LogP contribution in [0.25, 0.3) is 21.9 Å². The molecule has 0 spiro atoms. The molecule has 0 unspecified atom stereocenters. The fourth-order valence-electron chi connectivity index (χ4n) is 4.38. The third-order valence-corrected chi connectivity index (χ3v) is 6.52. The second-order valence-corrected chi connectivity index (χ2v) is 9.57. The van der Waals surface area contributed by atoms with Crippen LogP contribution in [0.2, 0.25) is 0 Å². The summed E-state index contributed by atoms with van der Waals surface area (Å²) in [6.07, 6.45) is 11.2. The summed E-state index contributed by atoms with van der Waals surface area (Å²) in [4.78, 5) is 24.0. The number of aromatic nitrogens is 4. The molecular weight excluding hydrogens is 438 g/mol. The largest absolute Gasteiger partial charge is 0.381 e. The molecule has 180 valence electrons. The van der Waals surface area contributed by atoms with Gasteiger partial charge in [-0.2, -0.15) is 5.10 Å². The first-order valence-electron chi connectivity index (χ1n) is 12.1. The van der Waals surface area contributed by atoms with Crippen molar-refractivity contribution >= 4 is 28.2 Å². The minimum absolute atomic E-state index is 0.231. The number of carbonyl (C=O) groups is 1. The summed E-state index contributed by atoms with van der Waals surface area (Å²) in [7, 11) is 2.14. The number of hydrogen-bond acceptors (Lipinski definition) is 6. The predicted molar refractivity (Wildman–Crippen MR) is 140 cm³/mol. The number of benzene rings is 1. The maximum atomic E-state index is 13.0. The molecule has 35 heavy (non-hydrogen) atoms. The third kappa shape index (κ3) is 5.33. The Kier molecular flexibility index (Phi) is 6.46. The molecule has 1 amide bonds. The van der Waals surface area contributed by atoms with Gasteiger partial charge in [0.25, 0.3) is 5.91 Å². The van der Waals surface area contributed by atoms with Gasteiger partial charge in [-0.05, 0) is 76.0 Å². The number of hydrogen-bond donors (Lipinski definition) is 2. The van der Waals surface area contributed by atoms with E-state index in [2.05, 4.69) is 69.8 Å². The number of carbonyl (C=O) groups excluding carboxylic acids is 1. The highest BCUT2D eigenvalue weighted by atomic mass is 16.1. The molecule has 5 rings (SSSR count). The van der Waals surface area contributed by atoms with E-state index in [4.69, 9.17) is 0 Å². The molecule has 0 atom stereocenters. The number of piperidine rings is 1. The molecule has 8 nitrogen and oxygen atoms in total. The smallest absolute Gasteiger partial charge is 0.258 e.